The second-order valence-corrected chi connectivity index (χ2v) is 21.2. The highest BCUT2D eigenvalue weighted by molar-refractivity contribution is 5.95. The summed E-state index contributed by atoms with van der Waals surface area (Å²) >= 11 is 0. The number of hydrogen-bond acceptors (Lipinski definition) is 1. The van der Waals surface area contributed by atoms with E-state index in [0.717, 1.165) is 17.1 Å². The van der Waals surface area contributed by atoms with Crippen LogP contribution in [0.4, 0.5) is 17.1 Å². The minimum atomic E-state index is -0.605. The molecule has 2 aliphatic carbocycles. The molecule has 0 amide bonds. The Labute approximate surface area is 452 Å². The van der Waals surface area contributed by atoms with Crippen molar-refractivity contribution < 1.29 is 0 Å². The molecular weight excluding hydrogens is 927 g/mol. The van der Waals surface area contributed by atoms with Crippen LogP contribution in [0.2, 0.25) is 0 Å². The van der Waals surface area contributed by atoms with Crippen LogP contribution in [0.1, 0.15) is 47.2 Å². The monoisotopic (exact) mass is 981 g/mol. The molecular formula is C76H55N. The fourth-order valence-electron chi connectivity index (χ4n) is 12.8. The first-order valence-corrected chi connectivity index (χ1v) is 26.9. The molecule has 0 saturated carbocycles. The predicted octanol–water partition coefficient (Wildman–Crippen LogP) is 20.2. The van der Waals surface area contributed by atoms with Gasteiger partial charge in [-0.15, -0.1) is 0 Å². The number of hydrogen-bond donors (Lipinski definition) is 0. The van der Waals surface area contributed by atoms with E-state index in [-0.39, 0.29) is 5.41 Å². The first-order valence-electron chi connectivity index (χ1n) is 26.9. The largest absolute Gasteiger partial charge is 0.310 e. The van der Waals surface area contributed by atoms with Crippen LogP contribution in [0.25, 0.3) is 77.9 Å². The van der Waals surface area contributed by atoms with E-state index in [2.05, 4.69) is 316 Å². The van der Waals surface area contributed by atoms with Gasteiger partial charge in [0.05, 0.1) is 11.1 Å². The van der Waals surface area contributed by atoms with Crippen molar-refractivity contribution in [3.8, 4) is 77.9 Å². The van der Waals surface area contributed by atoms with Crippen molar-refractivity contribution in [1.29, 1.82) is 0 Å². The van der Waals surface area contributed by atoms with E-state index in [1.54, 1.807) is 0 Å². The van der Waals surface area contributed by atoms with E-state index < -0.39 is 5.41 Å². The molecule has 0 radical (unpaired) electrons. The fraction of sp³-hybridized carbons (Fsp3) is 0.0526. The van der Waals surface area contributed by atoms with Crippen LogP contribution in [0.5, 0.6) is 0 Å². The Balaban J connectivity index is 0.896. The minimum Gasteiger partial charge on any atom is -0.310 e. The summed E-state index contributed by atoms with van der Waals surface area (Å²) in [5.74, 6) is 0. The van der Waals surface area contributed by atoms with Gasteiger partial charge in [-0.1, -0.05) is 269 Å². The molecule has 14 rings (SSSR count). The molecule has 0 atom stereocenters. The van der Waals surface area contributed by atoms with Gasteiger partial charge in [-0.05, 0) is 148 Å². The maximum Gasteiger partial charge on any atom is 0.0714 e. The van der Waals surface area contributed by atoms with Crippen molar-refractivity contribution in [1.82, 2.24) is 0 Å². The zero-order chi connectivity index (χ0) is 51.5. The van der Waals surface area contributed by atoms with Gasteiger partial charge in [-0.2, -0.15) is 0 Å². The van der Waals surface area contributed by atoms with Crippen molar-refractivity contribution in [3.05, 3.63) is 331 Å². The summed E-state index contributed by atoms with van der Waals surface area (Å²) in [5, 5.41) is 0. The van der Waals surface area contributed by atoms with Gasteiger partial charge in [-0.3, -0.25) is 0 Å². The molecule has 0 aliphatic heterocycles. The molecule has 2 aliphatic rings. The first-order chi connectivity index (χ1) is 37.9. The standard InChI is InChI=1S/C76H55N/c1-75(2)70-48-59(57-38-36-56(37-39-57)55-34-32-54(33-35-55)52-20-8-3-9-21-52)40-44-66(70)67-46-42-63(50-71(67)75)77(74-31-19-18-30-65(74)58-24-12-5-13-25-58)64-43-47-69-68-45-41-60(53-22-10-4-11-23-53)49-72(68)76(73(69)51-64,61-26-14-6-15-27-61)62-28-16-7-17-29-62/h3-51H,1-2H3. The zero-order valence-corrected chi connectivity index (χ0v) is 43.2. The highest BCUT2D eigenvalue weighted by atomic mass is 15.1. The van der Waals surface area contributed by atoms with E-state index in [1.807, 2.05) is 0 Å². The van der Waals surface area contributed by atoms with Crippen LogP contribution in [-0.4, -0.2) is 0 Å². The molecule has 12 aromatic rings. The molecule has 364 valence electrons. The van der Waals surface area contributed by atoms with E-state index in [1.165, 1.54) is 111 Å². The van der Waals surface area contributed by atoms with Crippen molar-refractivity contribution in [2.75, 3.05) is 4.90 Å². The lowest BCUT2D eigenvalue weighted by atomic mass is 9.67. The lowest BCUT2D eigenvalue weighted by Gasteiger charge is -2.35. The Morgan fingerprint density at radius 1 is 0.234 bits per heavy atom. The maximum absolute atomic E-state index is 2.52. The van der Waals surface area contributed by atoms with Crippen LogP contribution in [-0.2, 0) is 10.8 Å². The van der Waals surface area contributed by atoms with Crippen LogP contribution < -0.4 is 4.90 Å². The maximum atomic E-state index is 2.52. The minimum absolute atomic E-state index is 0.270. The van der Waals surface area contributed by atoms with Gasteiger partial charge in [-0.25, -0.2) is 0 Å². The third kappa shape index (κ3) is 7.69. The summed E-state index contributed by atoms with van der Waals surface area (Å²) in [7, 11) is 0. The van der Waals surface area contributed by atoms with E-state index in [4.69, 9.17) is 0 Å². The average molecular weight is 982 g/mol. The summed E-state index contributed by atoms with van der Waals surface area (Å²) in [6.07, 6.45) is 0. The van der Waals surface area contributed by atoms with Crippen molar-refractivity contribution in [3.63, 3.8) is 0 Å². The van der Waals surface area contributed by atoms with Crippen molar-refractivity contribution in [2.45, 2.75) is 24.7 Å². The van der Waals surface area contributed by atoms with Crippen LogP contribution in [0.15, 0.2) is 297 Å². The topological polar surface area (TPSA) is 3.24 Å². The highest BCUT2D eigenvalue weighted by Gasteiger charge is 2.47. The smallest absolute Gasteiger partial charge is 0.0714 e. The average Bonchev–Trinajstić information content (AvgIpc) is 3.94. The molecule has 0 unspecified atom stereocenters. The quantitative estimate of drug-likeness (QED) is 0.132. The second-order valence-electron chi connectivity index (χ2n) is 21.2. The van der Waals surface area contributed by atoms with Crippen molar-refractivity contribution in [2.24, 2.45) is 0 Å². The van der Waals surface area contributed by atoms with Gasteiger partial charge in [0.1, 0.15) is 0 Å². The summed E-state index contributed by atoms with van der Waals surface area (Å²) in [6.45, 7) is 4.81. The molecule has 77 heavy (non-hydrogen) atoms. The number of fused-ring (bicyclic) bond motifs is 6. The molecule has 0 spiro atoms. The SMILES string of the molecule is CC1(C)c2cc(-c3ccc(-c4ccc(-c5ccccc5)cc4)cc3)ccc2-c2ccc(N(c3ccc4c(c3)C(c3ccccc3)(c3ccccc3)c3cc(-c5ccccc5)ccc3-4)c3ccccc3-c3ccccc3)cc21. The normalized spacial score (nSPS) is 13.3. The predicted molar refractivity (Wildman–Crippen MR) is 323 cm³/mol. The molecule has 1 heteroatoms. The van der Waals surface area contributed by atoms with Crippen LogP contribution in [0, 0.1) is 0 Å². The van der Waals surface area contributed by atoms with Gasteiger partial charge in [0.2, 0.25) is 0 Å². The number of nitrogens with zero attached hydrogens (tertiary/aromatic N) is 1. The van der Waals surface area contributed by atoms with Crippen molar-refractivity contribution >= 4 is 17.1 Å². The van der Waals surface area contributed by atoms with Gasteiger partial charge >= 0.3 is 0 Å². The van der Waals surface area contributed by atoms with E-state index in [9.17, 15) is 0 Å². The summed E-state index contributed by atoms with van der Waals surface area (Å²) in [6, 6.07) is 110. The van der Waals surface area contributed by atoms with E-state index in [0.29, 0.717) is 0 Å². The molecule has 12 aromatic carbocycles. The molecule has 0 bridgehead atoms. The van der Waals surface area contributed by atoms with Gasteiger partial charge in [0.15, 0.2) is 0 Å². The van der Waals surface area contributed by atoms with E-state index >= 15 is 0 Å². The second kappa shape index (κ2) is 18.7. The molecule has 0 saturated heterocycles. The van der Waals surface area contributed by atoms with Crippen LogP contribution in [0.3, 0.4) is 0 Å². The number of anilines is 3. The summed E-state index contributed by atoms with van der Waals surface area (Å²) < 4.78 is 0. The lowest BCUT2D eigenvalue weighted by Crippen LogP contribution is -2.29. The third-order valence-corrected chi connectivity index (χ3v) is 16.6. The molecule has 0 aromatic heterocycles. The number of para-hydroxylation sites is 1. The van der Waals surface area contributed by atoms with Gasteiger partial charge < -0.3 is 4.90 Å². The molecule has 0 heterocycles. The Morgan fingerprint density at radius 3 is 1.04 bits per heavy atom. The molecule has 0 N–H and O–H groups in total. The Hall–Kier alpha value is -9.56. The lowest BCUT2D eigenvalue weighted by molar-refractivity contribution is 0.660. The summed E-state index contributed by atoms with van der Waals surface area (Å²) in [5.41, 5.74) is 27.4. The Kier molecular flexibility index (Phi) is 11.2. The Morgan fingerprint density at radius 2 is 0.545 bits per heavy atom. The number of benzene rings is 12. The van der Waals surface area contributed by atoms with Gasteiger partial charge in [0, 0.05) is 22.4 Å². The van der Waals surface area contributed by atoms with Gasteiger partial charge in [0.25, 0.3) is 0 Å². The number of rotatable bonds is 10. The fourth-order valence-corrected chi connectivity index (χ4v) is 12.8. The highest BCUT2D eigenvalue weighted by Crippen LogP contribution is 2.59. The zero-order valence-electron chi connectivity index (χ0n) is 43.2. The third-order valence-electron chi connectivity index (χ3n) is 16.6. The summed E-state index contributed by atoms with van der Waals surface area (Å²) in [4.78, 5) is 2.52. The Bertz CT molecular complexity index is 4080. The molecule has 0 fully saturated rings. The first kappa shape index (κ1) is 46.0. The van der Waals surface area contributed by atoms with Crippen LogP contribution >= 0.6 is 0 Å². The molecule has 1 nitrogen and oxygen atoms in total.